The third-order valence-corrected chi connectivity index (χ3v) is 6.42. The summed E-state index contributed by atoms with van der Waals surface area (Å²) in [5.74, 6) is 0.380. The number of methoxy groups -OCH3 is 1. The van der Waals surface area contributed by atoms with Crippen LogP contribution in [0.5, 0.6) is 5.75 Å². The van der Waals surface area contributed by atoms with Crippen molar-refractivity contribution in [3.05, 3.63) is 29.8 Å². The van der Waals surface area contributed by atoms with Gasteiger partial charge in [0.15, 0.2) is 17.1 Å². The number of carboxylic acids is 1. The van der Waals surface area contributed by atoms with E-state index >= 15 is 0 Å². The van der Waals surface area contributed by atoms with Gasteiger partial charge in [-0.05, 0) is 51.2 Å². The lowest BCUT2D eigenvalue weighted by atomic mass is 9.83. The summed E-state index contributed by atoms with van der Waals surface area (Å²) in [5.41, 5.74) is 0.944. The fraction of sp³-hybridized carbons (Fsp3) is 0.524. The van der Waals surface area contributed by atoms with Crippen molar-refractivity contribution in [2.75, 3.05) is 58.8 Å². The first-order valence-corrected chi connectivity index (χ1v) is 9.96. The number of piperazine rings is 1. The number of nitrogens with zero attached hydrogens (tertiary/aromatic N) is 4. The first-order valence-electron chi connectivity index (χ1n) is 9.96. The number of aromatic carboxylic acids is 1. The molecule has 0 saturated carbocycles. The highest BCUT2D eigenvalue weighted by molar-refractivity contribution is 5.99. The summed E-state index contributed by atoms with van der Waals surface area (Å²) in [6, 6.07) is 7.13. The van der Waals surface area contributed by atoms with Crippen LogP contribution in [-0.4, -0.2) is 85.5 Å². The minimum absolute atomic E-state index is 0.125. The molecule has 3 heterocycles. The number of carboxylic acid groups (broad SMARTS) is 1. The zero-order chi connectivity index (χ0) is 20.6. The van der Waals surface area contributed by atoms with Gasteiger partial charge in [-0.25, -0.2) is 4.79 Å². The Balaban J connectivity index is 1.58. The molecule has 4 rings (SSSR count). The number of rotatable bonds is 4. The van der Waals surface area contributed by atoms with E-state index in [4.69, 9.17) is 9.26 Å². The van der Waals surface area contributed by atoms with Crippen LogP contribution < -0.4 is 9.64 Å². The molecular weight excluding hydrogens is 372 g/mol. The molecule has 1 aromatic heterocycles. The van der Waals surface area contributed by atoms with Gasteiger partial charge in [0.05, 0.1) is 7.11 Å². The van der Waals surface area contributed by atoms with Crippen LogP contribution in [0, 0.1) is 0 Å². The number of piperidine rings is 1. The van der Waals surface area contributed by atoms with Gasteiger partial charge >= 0.3 is 5.97 Å². The number of carbonyl (C=O) groups is 1. The van der Waals surface area contributed by atoms with Gasteiger partial charge in [0.1, 0.15) is 5.75 Å². The minimum Gasteiger partial charge on any atom is -0.497 e. The van der Waals surface area contributed by atoms with Gasteiger partial charge in [-0.2, -0.15) is 0 Å². The van der Waals surface area contributed by atoms with Crippen molar-refractivity contribution < 1.29 is 19.2 Å². The summed E-state index contributed by atoms with van der Waals surface area (Å²) in [5, 5.41) is 14.0. The van der Waals surface area contributed by atoms with Crippen LogP contribution in [0.25, 0.3) is 11.3 Å². The maximum atomic E-state index is 12.1. The average molecular weight is 400 g/mol. The zero-order valence-electron chi connectivity index (χ0n) is 17.2. The van der Waals surface area contributed by atoms with Gasteiger partial charge in [-0.3, -0.25) is 4.90 Å². The van der Waals surface area contributed by atoms with Crippen LogP contribution in [0.4, 0.5) is 5.82 Å². The number of aromatic nitrogens is 1. The van der Waals surface area contributed by atoms with Crippen LogP contribution >= 0.6 is 0 Å². The topological polar surface area (TPSA) is 82.3 Å². The van der Waals surface area contributed by atoms with Gasteiger partial charge in [0.25, 0.3) is 0 Å². The largest absolute Gasteiger partial charge is 0.497 e. The lowest BCUT2D eigenvalue weighted by molar-refractivity contribution is 0.00930. The second kappa shape index (κ2) is 7.68. The highest BCUT2D eigenvalue weighted by Gasteiger charge is 2.42. The Labute approximate surface area is 170 Å². The Kier molecular flexibility index (Phi) is 5.23. The third kappa shape index (κ3) is 3.58. The zero-order valence-corrected chi connectivity index (χ0v) is 17.2. The number of ether oxygens (including phenoxy) is 1. The van der Waals surface area contributed by atoms with Crippen LogP contribution in [0.15, 0.2) is 28.8 Å². The predicted molar refractivity (Wildman–Crippen MR) is 110 cm³/mol. The molecule has 0 aliphatic carbocycles. The average Bonchev–Trinajstić information content (AvgIpc) is 3.17. The molecule has 8 nitrogen and oxygen atoms in total. The molecular formula is C21H28N4O4. The second-order valence-corrected chi connectivity index (χ2v) is 8.11. The molecule has 0 radical (unpaired) electrons. The summed E-state index contributed by atoms with van der Waals surface area (Å²) >= 11 is 0. The van der Waals surface area contributed by atoms with E-state index < -0.39 is 5.97 Å². The molecule has 2 aromatic rings. The van der Waals surface area contributed by atoms with Crippen LogP contribution in [0.1, 0.15) is 23.2 Å². The SMILES string of the molecule is COc1ccc(-c2onc(N3CCC4(CC3)CN(C)CCN4C)c2C(=O)O)cc1. The lowest BCUT2D eigenvalue weighted by Crippen LogP contribution is -2.63. The molecule has 29 heavy (non-hydrogen) atoms. The Morgan fingerprint density at radius 2 is 1.83 bits per heavy atom. The number of hydrogen-bond acceptors (Lipinski definition) is 7. The van der Waals surface area contributed by atoms with E-state index in [9.17, 15) is 9.90 Å². The number of benzene rings is 1. The monoisotopic (exact) mass is 400 g/mol. The first-order chi connectivity index (χ1) is 13.9. The van der Waals surface area contributed by atoms with Gasteiger partial charge in [0.2, 0.25) is 0 Å². The van der Waals surface area contributed by atoms with Gasteiger partial charge < -0.3 is 24.2 Å². The fourth-order valence-corrected chi connectivity index (χ4v) is 4.56. The highest BCUT2D eigenvalue weighted by atomic mass is 16.5. The lowest BCUT2D eigenvalue weighted by Gasteiger charge is -2.52. The Hall–Kier alpha value is -2.58. The molecule has 0 amide bonds. The molecule has 1 spiro atoms. The normalized spacial score (nSPS) is 20.2. The van der Waals surface area contributed by atoms with E-state index in [1.807, 2.05) is 4.90 Å². The molecule has 2 aliphatic heterocycles. The molecule has 156 valence electrons. The van der Waals surface area contributed by atoms with Crippen molar-refractivity contribution in [3.8, 4) is 17.1 Å². The molecule has 2 fully saturated rings. The van der Waals surface area contributed by atoms with Crippen molar-refractivity contribution in [1.82, 2.24) is 15.0 Å². The van der Waals surface area contributed by atoms with Crippen LogP contribution in [-0.2, 0) is 0 Å². The Bertz CT molecular complexity index is 871. The van der Waals surface area contributed by atoms with E-state index in [1.54, 1.807) is 31.4 Å². The van der Waals surface area contributed by atoms with Crippen LogP contribution in [0.3, 0.4) is 0 Å². The number of likely N-dealkylation sites (N-methyl/N-ethyl adjacent to an activating group) is 2. The molecule has 0 bridgehead atoms. The summed E-state index contributed by atoms with van der Waals surface area (Å²) in [7, 11) is 5.96. The van der Waals surface area contributed by atoms with Crippen LogP contribution in [0.2, 0.25) is 0 Å². The van der Waals surface area contributed by atoms with Crippen molar-refractivity contribution in [2.45, 2.75) is 18.4 Å². The highest BCUT2D eigenvalue weighted by Crippen LogP contribution is 2.37. The number of anilines is 1. The van der Waals surface area contributed by atoms with Crippen molar-refractivity contribution in [1.29, 1.82) is 0 Å². The molecule has 0 atom stereocenters. The maximum absolute atomic E-state index is 12.1. The predicted octanol–water partition coefficient (Wildman–Crippen LogP) is 2.26. The molecule has 1 aromatic carbocycles. The third-order valence-electron chi connectivity index (χ3n) is 6.42. The van der Waals surface area contributed by atoms with Gasteiger partial charge in [0, 0.05) is 43.8 Å². The molecule has 2 aliphatic rings. The quantitative estimate of drug-likeness (QED) is 0.837. The molecule has 2 saturated heterocycles. The van der Waals surface area contributed by atoms with Gasteiger partial charge in [-0.15, -0.1) is 0 Å². The minimum atomic E-state index is -1.03. The first kappa shape index (κ1) is 19.7. The molecule has 8 heteroatoms. The van der Waals surface area contributed by atoms with E-state index in [0.717, 1.165) is 45.6 Å². The summed E-state index contributed by atoms with van der Waals surface area (Å²) < 4.78 is 10.7. The molecule has 0 unspecified atom stereocenters. The van der Waals surface area contributed by atoms with E-state index in [-0.39, 0.29) is 16.9 Å². The van der Waals surface area contributed by atoms with Crippen molar-refractivity contribution in [3.63, 3.8) is 0 Å². The van der Waals surface area contributed by atoms with Crippen molar-refractivity contribution in [2.24, 2.45) is 0 Å². The van der Waals surface area contributed by atoms with Crippen molar-refractivity contribution >= 4 is 11.8 Å². The Morgan fingerprint density at radius 1 is 1.14 bits per heavy atom. The van der Waals surface area contributed by atoms with E-state index in [1.165, 1.54) is 0 Å². The Morgan fingerprint density at radius 3 is 2.45 bits per heavy atom. The van der Waals surface area contributed by atoms with E-state index in [0.29, 0.717) is 17.1 Å². The second-order valence-electron chi connectivity index (χ2n) is 8.11. The summed E-state index contributed by atoms with van der Waals surface area (Å²) in [6.07, 6.45) is 1.94. The standard InChI is InChI=1S/C21H28N4O4/c1-23-12-13-24(2)21(14-23)8-10-25(11-9-21)19-17(20(26)27)18(29-22-19)15-4-6-16(28-3)7-5-15/h4-7H,8-14H2,1-3H3,(H,26,27). The fourth-order valence-electron chi connectivity index (χ4n) is 4.56. The van der Waals surface area contributed by atoms with Gasteiger partial charge in [-0.1, -0.05) is 5.16 Å². The summed E-state index contributed by atoms with van der Waals surface area (Å²) in [4.78, 5) is 19.0. The summed E-state index contributed by atoms with van der Waals surface area (Å²) in [6.45, 7) is 4.70. The maximum Gasteiger partial charge on any atom is 0.343 e. The number of hydrogen-bond donors (Lipinski definition) is 1. The molecule has 1 N–H and O–H groups in total. The smallest absolute Gasteiger partial charge is 0.343 e. The van der Waals surface area contributed by atoms with E-state index in [2.05, 4.69) is 29.1 Å².